The van der Waals surface area contributed by atoms with Crippen LogP contribution in [0.3, 0.4) is 0 Å². The average molecular weight is 374 g/mol. The summed E-state index contributed by atoms with van der Waals surface area (Å²) in [5, 5.41) is 17.6. The van der Waals surface area contributed by atoms with E-state index in [2.05, 4.69) is 31.9 Å². The second-order valence-corrected chi connectivity index (χ2v) is 6.19. The lowest BCUT2D eigenvalue weighted by Gasteiger charge is -2.11. The SMILES string of the molecule is O=C(O)C(OCCCO)c1cc(Br)c(Br)s1. The molecule has 0 aliphatic heterocycles. The lowest BCUT2D eigenvalue weighted by Crippen LogP contribution is -2.15. The first-order chi connectivity index (χ1) is 7.56. The Hall–Kier alpha value is 0.0500. The number of rotatable bonds is 6. The molecule has 1 unspecified atom stereocenters. The van der Waals surface area contributed by atoms with Gasteiger partial charge in [0, 0.05) is 16.0 Å². The van der Waals surface area contributed by atoms with Gasteiger partial charge in [-0.2, -0.15) is 0 Å². The number of hydrogen-bond donors (Lipinski definition) is 2. The highest BCUT2D eigenvalue weighted by Gasteiger charge is 2.23. The van der Waals surface area contributed by atoms with Gasteiger partial charge >= 0.3 is 5.97 Å². The van der Waals surface area contributed by atoms with Crippen molar-refractivity contribution in [3.8, 4) is 0 Å². The van der Waals surface area contributed by atoms with Gasteiger partial charge in [-0.15, -0.1) is 11.3 Å². The third-order valence-electron chi connectivity index (χ3n) is 1.73. The van der Waals surface area contributed by atoms with Gasteiger partial charge in [-0.1, -0.05) is 0 Å². The predicted octanol–water partition coefficient (Wildman–Crippen LogP) is 2.80. The number of carbonyl (C=O) groups is 1. The smallest absolute Gasteiger partial charge is 0.338 e. The summed E-state index contributed by atoms with van der Waals surface area (Å²) in [7, 11) is 0. The zero-order valence-electron chi connectivity index (χ0n) is 8.15. The van der Waals surface area contributed by atoms with Crippen molar-refractivity contribution in [1.29, 1.82) is 0 Å². The third kappa shape index (κ3) is 3.81. The molecule has 0 saturated carbocycles. The summed E-state index contributed by atoms with van der Waals surface area (Å²) >= 11 is 7.90. The van der Waals surface area contributed by atoms with Gasteiger partial charge in [-0.3, -0.25) is 0 Å². The molecule has 0 spiro atoms. The number of halogens is 2. The molecule has 16 heavy (non-hydrogen) atoms. The monoisotopic (exact) mass is 372 g/mol. The summed E-state index contributed by atoms with van der Waals surface area (Å²) in [5.41, 5.74) is 0. The normalized spacial score (nSPS) is 12.7. The van der Waals surface area contributed by atoms with E-state index in [-0.39, 0.29) is 13.2 Å². The van der Waals surface area contributed by atoms with Crippen molar-refractivity contribution < 1.29 is 19.7 Å². The minimum atomic E-state index is -1.03. The Bertz CT molecular complexity index is 347. The average Bonchev–Trinajstić information content (AvgIpc) is 2.53. The molecule has 1 heterocycles. The molecule has 1 atom stereocenters. The van der Waals surface area contributed by atoms with E-state index in [4.69, 9.17) is 14.9 Å². The minimum Gasteiger partial charge on any atom is -0.479 e. The van der Waals surface area contributed by atoms with Crippen LogP contribution in [0.1, 0.15) is 17.4 Å². The Morgan fingerprint density at radius 2 is 2.25 bits per heavy atom. The van der Waals surface area contributed by atoms with Crippen molar-refractivity contribution in [2.45, 2.75) is 12.5 Å². The fraction of sp³-hybridized carbons (Fsp3) is 0.444. The first-order valence-corrected chi connectivity index (χ1v) is 6.86. The van der Waals surface area contributed by atoms with E-state index < -0.39 is 12.1 Å². The molecule has 4 nitrogen and oxygen atoms in total. The number of ether oxygens (including phenoxy) is 1. The molecule has 0 aromatic carbocycles. The van der Waals surface area contributed by atoms with Crippen LogP contribution in [-0.2, 0) is 9.53 Å². The highest BCUT2D eigenvalue weighted by Crippen LogP contribution is 2.36. The maximum atomic E-state index is 11.0. The van der Waals surface area contributed by atoms with Crippen LogP contribution >= 0.6 is 43.2 Å². The highest BCUT2D eigenvalue weighted by atomic mass is 79.9. The Labute approximate surface area is 113 Å². The van der Waals surface area contributed by atoms with Crippen molar-refractivity contribution in [3.05, 3.63) is 19.2 Å². The Morgan fingerprint density at radius 3 is 2.69 bits per heavy atom. The quantitative estimate of drug-likeness (QED) is 0.752. The molecule has 0 radical (unpaired) electrons. The Kier molecular flexibility index (Phi) is 5.91. The van der Waals surface area contributed by atoms with E-state index in [1.807, 2.05) is 0 Å². The summed E-state index contributed by atoms with van der Waals surface area (Å²) in [5.74, 6) is -1.03. The van der Waals surface area contributed by atoms with Crippen molar-refractivity contribution in [3.63, 3.8) is 0 Å². The number of carboxylic acids is 1. The molecule has 0 amide bonds. The van der Waals surface area contributed by atoms with Crippen LogP contribution in [0.4, 0.5) is 0 Å². The number of hydrogen-bond acceptors (Lipinski definition) is 4. The summed E-state index contributed by atoms with van der Waals surface area (Å²) in [6.45, 7) is 0.213. The van der Waals surface area contributed by atoms with E-state index in [9.17, 15) is 4.79 Å². The summed E-state index contributed by atoms with van der Waals surface area (Å²) < 4.78 is 6.85. The molecular formula is C9H10Br2O4S. The van der Waals surface area contributed by atoms with Gasteiger partial charge in [0.1, 0.15) is 0 Å². The number of aliphatic hydroxyl groups excluding tert-OH is 1. The molecular weight excluding hydrogens is 364 g/mol. The molecule has 90 valence electrons. The molecule has 1 aromatic heterocycles. The maximum absolute atomic E-state index is 11.0. The van der Waals surface area contributed by atoms with Gasteiger partial charge in [0.05, 0.1) is 10.4 Å². The zero-order valence-corrected chi connectivity index (χ0v) is 12.1. The predicted molar refractivity (Wildman–Crippen MR) is 67.8 cm³/mol. The first-order valence-electron chi connectivity index (χ1n) is 4.46. The largest absolute Gasteiger partial charge is 0.479 e. The first kappa shape index (κ1) is 14.1. The fourth-order valence-corrected chi connectivity index (χ4v) is 3.17. The second kappa shape index (κ2) is 6.70. The van der Waals surface area contributed by atoms with Crippen LogP contribution in [0.5, 0.6) is 0 Å². The van der Waals surface area contributed by atoms with Gasteiger partial charge < -0.3 is 14.9 Å². The molecule has 0 saturated heterocycles. The molecule has 0 aliphatic carbocycles. The van der Waals surface area contributed by atoms with Crippen molar-refractivity contribution >= 4 is 49.2 Å². The third-order valence-corrected chi connectivity index (χ3v) is 5.03. The van der Waals surface area contributed by atoms with E-state index >= 15 is 0 Å². The standard InChI is InChI=1S/C9H10Br2O4S/c10-5-4-6(16-8(5)11)7(9(13)14)15-3-1-2-12/h4,7,12H,1-3H2,(H,13,14). The molecule has 1 rings (SSSR count). The molecule has 2 N–H and O–H groups in total. The second-order valence-electron chi connectivity index (χ2n) is 2.94. The molecule has 7 heteroatoms. The van der Waals surface area contributed by atoms with Crippen molar-refractivity contribution in [2.75, 3.05) is 13.2 Å². The van der Waals surface area contributed by atoms with Crippen LogP contribution in [0.15, 0.2) is 14.3 Å². The van der Waals surface area contributed by atoms with Gasteiger partial charge in [0.2, 0.25) is 0 Å². The number of thiophene rings is 1. The summed E-state index contributed by atoms with van der Waals surface area (Å²) in [6.07, 6.45) is -0.545. The Morgan fingerprint density at radius 1 is 1.56 bits per heavy atom. The van der Waals surface area contributed by atoms with Gasteiger partial charge in [0.25, 0.3) is 0 Å². The molecule has 0 aliphatic rings. The van der Waals surface area contributed by atoms with E-state index in [0.717, 1.165) is 8.26 Å². The van der Waals surface area contributed by atoms with Crippen LogP contribution in [0.25, 0.3) is 0 Å². The maximum Gasteiger partial charge on any atom is 0.338 e. The lowest BCUT2D eigenvalue weighted by molar-refractivity contribution is -0.150. The molecule has 0 fully saturated rings. The summed E-state index contributed by atoms with van der Waals surface area (Å²) in [4.78, 5) is 11.6. The van der Waals surface area contributed by atoms with E-state index in [0.29, 0.717) is 11.3 Å². The van der Waals surface area contributed by atoms with Crippen LogP contribution in [0.2, 0.25) is 0 Å². The van der Waals surface area contributed by atoms with Gasteiger partial charge in [-0.05, 0) is 44.3 Å². The topological polar surface area (TPSA) is 66.8 Å². The van der Waals surface area contributed by atoms with E-state index in [1.54, 1.807) is 6.07 Å². The number of aliphatic carboxylic acids is 1. The summed E-state index contributed by atoms with van der Waals surface area (Å²) in [6, 6.07) is 1.71. The van der Waals surface area contributed by atoms with Crippen molar-refractivity contribution in [1.82, 2.24) is 0 Å². The fourth-order valence-electron chi connectivity index (χ4n) is 1.03. The zero-order chi connectivity index (χ0) is 12.1. The van der Waals surface area contributed by atoms with Crippen LogP contribution in [-0.4, -0.2) is 29.4 Å². The van der Waals surface area contributed by atoms with Crippen LogP contribution in [0, 0.1) is 0 Å². The molecule has 1 aromatic rings. The Balaban J connectivity index is 2.73. The minimum absolute atomic E-state index is 0.00975. The van der Waals surface area contributed by atoms with Gasteiger partial charge in [-0.25, -0.2) is 4.79 Å². The lowest BCUT2D eigenvalue weighted by atomic mass is 10.3. The van der Waals surface area contributed by atoms with Crippen molar-refractivity contribution in [2.24, 2.45) is 0 Å². The highest BCUT2D eigenvalue weighted by molar-refractivity contribution is 9.13. The van der Waals surface area contributed by atoms with Crippen LogP contribution < -0.4 is 0 Å². The number of carboxylic acid groups (broad SMARTS) is 1. The van der Waals surface area contributed by atoms with E-state index in [1.165, 1.54) is 11.3 Å². The number of aliphatic hydroxyl groups is 1. The molecule has 0 bridgehead atoms. The van der Waals surface area contributed by atoms with Gasteiger partial charge in [0.15, 0.2) is 6.10 Å².